The molecule has 0 fully saturated rings. The monoisotopic (exact) mass is 436 g/mol. The Hall–Kier alpha value is -3.10. The third kappa shape index (κ3) is 4.90. The molecule has 1 amide bonds. The first-order valence-corrected chi connectivity index (χ1v) is 11.0. The minimum Gasteiger partial charge on any atom is -0.497 e. The zero-order chi connectivity index (χ0) is 20.9. The van der Waals surface area contributed by atoms with Crippen molar-refractivity contribution in [2.75, 3.05) is 17.7 Å². The van der Waals surface area contributed by atoms with E-state index in [4.69, 9.17) is 4.74 Å². The third-order valence-corrected chi connectivity index (χ3v) is 6.43. The number of rotatable bonds is 7. The van der Waals surface area contributed by atoms with Gasteiger partial charge in [0.25, 0.3) is 0 Å². The topological polar surface area (TPSA) is 76.1 Å². The van der Waals surface area contributed by atoms with Gasteiger partial charge < -0.3 is 15.4 Å². The number of fused-ring (bicyclic) bond motifs is 1. The molecule has 0 saturated carbocycles. The second-order valence-electron chi connectivity index (χ2n) is 6.54. The summed E-state index contributed by atoms with van der Waals surface area (Å²) in [4.78, 5) is 12.6. The van der Waals surface area contributed by atoms with Gasteiger partial charge in [0.15, 0.2) is 4.34 Å². The highest BCUT2D eigenvalue weighted by molar-refractivity contribution is 8.02. The van der Waals surface area contributed by atoms with E-state index in [0.717, 1.165) is 32.2 Å². The molecular formula is C22H20N4O2S2. The number of nitrogens with one attached hydrogen (secondary N) is 2. The predicted octanol–water partition coefficient (Wildman–Crippen LogP) is 5.56. The van der Waals surface area contributed by atoms with E-state index in [1.165, 1.54) is 23.1 Å². The molecular weight excluding hydrogens is 416 g/mol. The van der Waals surface area contributed by atoms with E-state index in [1.807, 2.05) is 73.7 Å². The van der Waals surface area contributed by atoms with Crippen LogP contribution in [0.4, 0.5) is 16.5 Å². The quantitative estimate of drug-likeness (QED) is 0.369. The Labute approximate surface area is 182 Å². The summed E-state index contributed by atoms with van der Waals surface area (Å²) in [5.74, 6) is 0.718. The minimum atomic E-state index is -0.307. The molecule has 4 aromatic rings. The number of anilines is 3. The summed E-state index contributed by atoms with van der Waals surface area (Å²) < 4.78 is 5.89. The lowest BCUT2D eigenvalue weighted by Crippen LogP contribution is -2.22. The summed E-state index contributed by atoms with van der Waals surface area (Å²) in [5, 5.41) is 17.1. The van der Waals surface area contributed by atoms with Gasteiger partial charge >= 0.3 is 0 Å². The SMILES string of the molecule is COc1ccc(Nc2nnc(SC(C)C(=O)Nc3ccc4ccccc4c3)s2)cc1. The number of thioether (sulfide) groups is 1. The van der Waals surface area contributed by atoms with Crippen molar-refractivity contribution in [3.8, 4) is 5.75 Å². The first kappa shape index (κ1) is 20.2. The van der Waals surface area contributed by atoms with E-state index in [9.17, 15) is 4.79 Å². The van der Waals surface area contributed by atoms with Gasteiger partial charge in [0.1, 0.15) is 5.75 Å². The molecule has 152 valence electrons. The average molecular weight is 437 g/mol. The van der Waals surface area contributed by atoms with Crippen LogP contribution < -0.4 is 15.4 Å². The fraction of sp³-hybridized carbons (Fsp3) is 0.136. The molecule has 1 heterocycles. The summed E-state index contributed by atoms with van der Waals surface area (Å²) >= 11 is 2.79. The highest BCUT2D eigenvalue weighted by atomic mass is 32.2. The number of hydrogen-bond donors (Lipinski definition) is 2. The van der Waals surface area contributed by atoms with Gasteiger partial charge in [-0.1, -0.05) is 53.4 Å². The smallest absolute Gasteiger partial charge is 0.237 e. The number of benzene rings is 3. The van der Waals surface area contributed by atoms with Crippen LogP contribution in [0, 0.1) is 0 Å². The van der Waals surface area contributed by atoms with Crippen LogP contribution >= 0.6 is 23.1 Å². The zero-order valence-corrected chi connectivity index (χ0v) is 18.1. The molecule has 2 N–H and O–H groups in total. The molecule has 0 aliphatic heterocycles. The highest BCUT2D eigenvalue weighted by Crippen LogP contribution is 2.31. The fourth-order valence-electron chi connectivity index (χ4n) is 2.82. The van der Waals surface area contributed by atoms with Crippen LogP contribution in [0.15, 0.2) is 71.1 Å². The highest BCUT2D eigenvalue weighted by Gasteiger charge is 2.17. The predicted molar refractivity (Wildman–Crippen MR) is 124 cm³/mol. The lowest BCUT2D eigenvalue weighted by molar-refractivity contribution is -0.115. The number of hydrogen-bond acceptors (Lipinski definition) is 7. The molecule has 0 radical (unpaired) electrons. The Morgan fingerprint density at radius 2 is 1.73 bits per heavy atom. The van der Waals surface area contributed by atoms with Crippen molar-refractivity contribution in [3.05, 3.63) is 66.7 Å². The number of carbonyl (C=O) groups excluding carboxylic acids is 1. The number of nitrogens with zero attached hydrogens (tertiary/aromatic N) is 2. The first-order chi connectivity index (χ1) is 14.6. The molecule has 0 aliphatic carbocycles. The van der Waals surface area contributed by atoms with Gasteiger partial charge in [0.2, 0.25) is 11.0 Å². The molecule has 0 saturated heterocycles. The van der Waals surface area contributed by atoms with Crippen molar-refractivity contribution in [2.24, 2.45) is 0 Å². The molecule has 8 heteroatoms. The number of carbonyl (C=O) groups is 1. The second-order valence-corrected chi connectivity index (χ2v) is 9.10. The minimum absolute atomic E-state index is 0.0739. The van der Waals surface area contributed by atoms with Crippen LogP contribution in [0.25, 0.3) is 10.8 Å². The van der Waals surface area contributed by atoms with Crippen molar-refractivity contribution >= 4 is 56.3 Å². The summed E-state index contributed by atoms with van der Waals surface area (Å²) in [6.07, 6.45) is 0. The van der Waals surface area contributed by atoms with E-state index in [0.29, 0.717) is 5.13 Å². The molecule has 3 aromatic carbocycles. The van der Waals surface area contributed by atoms with Crippen LogP contribution in [-0.2, 0) is 4.79 Å². The number of methoxy groups -OCH3 is 1. The van der Waals surface area contributed by atoms with Gasteiger partial charge in [0.05, 0.1) is 12.4 Å². The first-order valence-electron chi connectivity index (χ1n) is 9.31. The van der Waals surface area contributed by atoms with Crippen molar-refractivity contribution in [1.29, 1.82) is 0 Å². The zero-order valence-electron chi connectivity index (χ0n) is 16.5. The fourth-order valence-corrected chi connectivity index (χ4v) is 4.74. The summed E-state index contributed by atoms with van der Waals surface area (Å²) in [6, 6.07) is 21.5. The molecule has 1 unspecified atom stereocenters. The van der Waals surface area contributed by atoms with Gasteiger partial charge in [-0.25, -0.2) is 0 Å². The van der Waals surface area contributed by atoms with E-state index in [2.05, 4.69) is 20.8 Å². The molecule has 0 bridgehead atoms. The van der Waals surface area contributed by atoms with Crippen LogP contribution in [-0.4, -0.2) is 28.5 Å². The van der Waals surface area contributed by atoms with Crippen LogP contribution in [0.1, 0.15) is 6.92 Å². The van der Waals surface area contributed by atoms with Crippen molar-refractivity contribution in [3.63, 3.8) is 0 Å². The van der Waals surface area contributed by atoms with Crippen molar-refractivity contribution < 1.29 is 9.53 Å². The van der Waals surface area contributed by atoms with Crippen LogP contribution in [0.5, 0.6) is 5.75 Å². The lowest BCUT2D eigenvalue weighted by atomic mass is 10.1. The lowest BCUT2D eigenvalue weighted by Gasteiger charge is -2.11. The summed E-state index contributed by atoms with van der Waals surface area (Å²) in [5.41, 5.74) is 1.68. The Balaban J connectivity index is 1.35. The van der Waals surface area contributed by atoms with E-state index in [-0.39, 0.29) is 11.2 Å². The molecule has 0 aliphatic rings. The molecule has 4 rings (SSSR count). The molecule has 1 atom stereocenters. The van der Waals surface area contributed by atoms with E-state index in [1.54, 1.807) is 7.11 Å². The molecule has 0 spiro atoms. The van der Waals surface area contributed by atoms with Crippen molar-refractivity contribution in [2.45, 2.75) is 16.5 Å². The normalized spacial score (nSPS) is 11.8. The van der Waals surface area contributed by atoms with Crippen LogP contribution in [0.3, 0.4) is 0 Å². The van der Waals surface area contributed by atoms with E-state index < -0.39 is 0 Å². The Morgan fingerprint density at radius 3 is 2.50 bits per heavy atom. The Kier molecular flexibility index (Phi) is 6.15. The summed E-state index contributed by atoms with van der Waals surface area (Å²) in [6.45, 7) is 1.86. The third-order valence-electron chi connectivity index (χ3n) is 4.41. The average Bonchev–Trinajstić information content (AvgIpc) is 3.20. The molecule has 30 heavy (non-hydrogen) atoms. The van der Waals surface area contributed by atoms with Gasteiger partial charge in [-0.2, -0.15) is 0 Å². The maximum atomic E-state index is 12.6. The van der Waals surface area contributed by atoms with Crippen LogP contribution in [0.2, 0.25) is 0 Å². The number of aromatic nitrogens is 2. The molecule has 6 nitrogen and oxygen atoms in total. The van der Waals surface area contributed by atoms with Gasteiger partial charge in [-0.05, 0) is 54.1 Å². The Morgan fingerprint density at radius 1 is 1.00 bits per heavy atom. The van der Waals surface area contributed by atoms with Gasteiger partial charge in [-0.3, -0.25) is 4.79 Å². The Bertz CT molecular complexity index is 1160. The van der Waals surface area contributed by atoms with Gasteiger partial charge in [0, 0.05) is 11.4 Å². The molecule has 1 aromatic heterocycles. The maximum absolute atomic E-state index is 12.6. The summed E-state index contributed by atoms with van der Waals surface area (Å²) in [7, 11) is 1.63. The standard InChI is InChI=1S/C22H20N4O2S2/c1-14(20(27)23-18-8-7-15-5-3-4-6-16(15)13-18)29-22-26-25-21(30-22)24-17-9-11-19(28-2)12-10-17/h3-14H,1-2H3,(H,23,27)(H,24,25). The van der Waals surface area contributed by atoms with Crippen molar-refractivity contribution in [1.82, 2.24) is 10.2 Å². The van der Waals surface area contributed by atoms with E-state index >= 15 is 0 Å². The number of amides is 1. The van der Waals surface area contributed by atoms with Gasteiger partial charge in [-0.15, -0.1) is 10.2 Å². The largest absolute Gasteiger partial charge is 0.497 e. The maximum Gasteiger partial charge on any atom is 0.237 e. The second kappa shape index (κ2) is 9.15. The number of ether oxygens (including phenoxy) is 1.